The molecule has 0 aliphatic carbocycles. The van der Waals surface area contributed by atoms with Gasteiger partial charge in [0, 0.05) is 18.7 Å². The second-order valence-electron chi connectivity index (χ2n) is 6.13. The molecule has 2 aromatic rings. The molecule has 152 valence electrons. The zero-order chi connectivity index (χ0) is 20.5. The first kappa shape index (κ1) is 21.3. The van der Waals surface area contributed by atoms with Crippen molar-refractivity contribution in [2.75, 3.05) is 44.6 Å². The van der Waals surface area contributed by atoms with Crippen molar-refractivity contribution in [3.8, 4) is 17.2 Å². The topological polar surface area (TPSA) is 85.8 Å². The van der Waals surface area contributed by atoms with Crippen molar-refractivity contribution in [2.24, 2.45) is 0 Å². The average Bonchev–Trinajstić information content (AvgIpc) is 2.72. The average molecular weight is 388 g/mol. The number of hydrogen-bond donors (Lipinski definition) is 1. The highest BCUT2D eigenvalue weighted by Gasteiger charge is 2.17. The van der Waals surface area contributed by atoms with Crippen molar-refractivity contribution >= 4 is 17.5 Å². The van der Waals surface area contributed by atoms with Crippen LogP contribution in [0, 0.1) is 0 Å². The molecule has 1 aromatic carbocycles. The number of carbonyl (C=O) groups excluding carboxylic acids is 1. The van der Waals surface area contributed by atoms with Crippen molar-refractivity contribution < 1.29 is 19.0 Å². The SMILES string of the molecule is CCCN(CCC)c1ccc(NC(=O)c2cc(OC)c(OC)c(OC)c2)nn1. The summed E-state index contributed by atoms with van der Waals surface area (Å²) >= 11 is 0. The number of hydrogen-bond acceptors (Lipinski definition) is 7. The molecule has 0 spiro atoms. The summed E-state index contributed by atoms with van der Waals surface area (Å²) in [6.07, 6.45) is 2.06. The lowest BCUT2D eigenvalue weighted by Crippen LogP contribution is -2.26. The molecule has 0 aliphatic heterocycles. The van der Waals surface area contributed by atoms with E-state index in [1.807, 2.05) is 6.07 Å². The zero-order valence-corrected chi connectivity index (χ0v) is 17.1. The highest BCUT2D eigenvalue weighted by Crippen LogP contribution is 2.38. The van der Waals surface area contributed by atoms with Gasteiger partial charge in [-0.3, -0.25) is 4.79 Å². The smallest absolute Gasteiger partial charge is 0.257 e. The van der Waals surface area contributed by atoms with Gasteiger partial charge >= 0.3 is 0 Å². The van der Waals surface area contributed by atoms with Crippen molar-refractivity contribution in [3.05, 3.63) is 29.8 Å². The van der Waals surface area contributed by atoms with Crippen molar-refractivity contribution in [3.63, 3.8) is 0 Å². The molecule has 0 saturated carbocycles. The number of ether oxygens (including phenoxy) is 3. The molecule has 28 heavy (non-hydrogen) atoms. The lowest BCUT2D eigenvalue weighted by molar-refractivity contribution is 0.102. The Kier molecular flexibility index (Phi) is 7.86. The summed E-state index contributed by atoms with van der Waals surface area (Å²) < 4.78 is 15.9. The molecule has 1 heterocycles. The molecule has 2 rings (SSSR count). The molecule has 0 unspecified atom stereocenters. The maximum absolute atomic E-state index is 12.6. The summed E-state index contributed by atoms with van der Waals surface area (Å²) in [4.78, 5) is 14.8. The van der Waals surface area contributed by atoms with Crippen LogP contribution < -0.4 is 24.4 Å². The number of nitrogens with zero attached hydrogens (tertiary/aromatic N) is 3. The van der Waals surface area contributed by atoms with Gasteiger partial charge in [0.25, 0.3) is 5.91 Å². The second-order valence-corrected chi connectivity index (χ2v) is 6.13. The molecule has 0 bridgehead atoms. The minimum absolute atomic E-state index is 0.347. The standard InChI is InChI=1S/C20H28N4O4/c1-6-10-24(11-7-2)18-9-8-17(22-23-18)21-20(25)14-12-15(26-3)19(28-5)16(13-14)27-4/h8-9,12-13H,6-7,10-11H2,1-5H3,(H,21,22,25). The van der Waals surface area contributed by atoms with E-state index in [4.69, 9.17) is 14.2 Å². The summed E-state index contributed by atoms with van der Waals surface area (Å²) in [5, 5.41) is 11.1. The lowest BCUT2D eigenvalue weighted by atomic mass is 10.1. The monoisotopic (exact) mass is 388 g/mol. The molecule has 0 aliphatic rings. The van der Waals surface area contributed by atoms with E-state index >= 15 is 0 Å². The van der Waals surface area contributed by atoms with Gasteiger partial charge in [-0.05, 0) is 37.1 Å². The molecular formula is C20H28N4O4. The van der Waals surface area contributed by atoms with E-state index in [2.05, 4.69) is 34.3 Å². The minimum Gasteiger partial charge on any atom is -0.493 e. The van der Waals surface area contributed by atoms with Gasteiger partial charge in [0.1, 0.15) is 0 Å². The summed E-state index contributed by atoms with van der Waals surface area (Å²) in [6.45, 7) is 6.09. The van der Waals surface area contributed by atoms with Crippen LogP contribution in [0.15, 0.2) is 24.3 Å². The van der Waals surface area contributed by atoms with Crippen LogP contribution in [0.1, 0.15) is 37.0 Å². The van der Waals surface area contributed by atoms with E-state index < -0.39 is 0 Å². The predicted octanol–water partition coefficient (Wildman–Crippen LogP) is 3.38. The number of rotatable bonds is 10. The Balaban J connectivity index is 2.18. The maximum Gasteiger partial charge on any atom is 0.257 e. The molecule has 1 N–H and O–H groups in total. The Labute approximate surface area is 165 Å². The predicted molar refractivity (Wildman–Crippen MR) is 109 cm³/mol. The largest absolute Gasteiger partial charge is 0.493 e. The van der Waals surface area contributed by atoms with E-state index in [0.717, 1.165) is 31.7 Å². The van der Waals surface area contributed by atoms with Gasteiger partial charge in [0.2, 0.25) is 5.75 Å². The van der Waals surface area contributed by atoms with Crippen molar-refractivity contribution in [2.45, 2.75) is 26.7 Å². The zero-order valence-electron chi connectivity index (χ0n) is 17.1. The quantitative estimate of drug-likeness (QED) is 0.668. The van der Waals surface area contributed by atoms with Gasteiger partial charge in [0.15, 0.2) is 23.1 Å². The Morgan fingerprint density at radius 2 is 1.57 bits per heavy atom. The summed E-state index contributed by atoms with van der Waals surface area (Å²) in [5.41, 5.74) is 0.360. The highest BCUT2D eigenvalue weighted by atomic mass is 16.5. The Morgan fingerprint density at radius 3 is 2.00 bits per heavy atom. The minimum atomic E-state index is -0.347. The maximum atomic E-state index is 12.6. The Morgan fingerprint density at radius 1 is 0.964 bits per heavy atom. The van der Waals surface area contributed by atoms with Gasteiger partial charge in [-0.15, -0.1) is 10.2 Å². The number of benzene rings is 1. The number of anilines is 2. The highest BCUT2D eigenvalue weighted by molar-refractivity contribution is 6.04. The lowest BCUT2D eigenvalue weighted by Gasteiger charge is -2.21. The first-order valence-electron chi connectivity index (χ1n) is 9.27. The molecule has 8 heteroatoms. The molecule has 0 saturated heterocycles. The molecule has 1 amide bonds. The van der Waals surface area contributed by atoms with Crippen LogP contribution in [0.2, 0.25) is 0 Å². The number of nitrogens with one attached hydrogen (secondary N) is 1. The van der Waals surface area contributed by atoms with Crippen LogP contribution in [-0.2, 0) is 0 Å². The summed E-state index contributed by atoms with van der Waals surface area (Å²) in [5.74, 6) is 2.06. The van der Waals surface area contributed by atoms with Gasteiger partial charge in [0.05, 0.1) is 21.3 Å². The first-order valence-corrected chi connectivity index (χ1v) is 9.27. The number of carbonyl (C=O) groups is 1. The van der Waals surface area contributed by atoms with Crippen LogP contribution in [0.3, 0.4) is 0 Å². The van der Waals surface area contributed by atoms with Crippen LogP contribution in [0.4, 0.5) is 11.6 Å². The van der Waals surface area contributed by atoms with Crippen molar-refractivity contribution in [1.29, 1.82) is 0 Å². The molecule has 0 radical (unpaired) electrons. The summed E-state index contributed by atoms with van der Waals surface area (Å²) in [7, 11) is 4.51. The van der Waals surface area contributed by atoms with Crippen LogP contribution in [0.5, 0.6) is 17.2 Å². The molecular weight excluding hydrogens is 360 g/mol. The fourth-order valence-electron chi connectivity index (χ4n) is 2.84. The van der Waals surface area contributed by atoms with E-state index in [0.29, 0.717) is 28.6 Å². The van der Waals surface area contributed by atoms with E-state index in [1.54, 1.807) is 18.2 Å². The third-order valence-electron chi connectivity index (χ3n) is 4.13. The molecule has 0 atom stereocenters. The van der Waals surface area contributed by atoms with Gasteiger partial charge in [-0.1, -0.05) is 13.8 Å². The summed E-state index contributed by atoms with van der Waals surface area (Å²) in [6, 6.07) is 6.78. The third kappa shape index (κ3) is 5.03. The van der Waals surface area contributed by atoms with E-state index in [9.17, 15) is 4.79 Å². The molecule has 0 fully saturated rings. The van der Waals surface area contributed by atoms with Crippen LogP contribution >= 0.6 is 0 Å². The first-order chi connectivity index (χ1) is 13.6. The number of amides is 1. The normalized spacial score (nSPS) is 10.3. The van der Waals surface area contributed by atoms with Crippen LogP contribution in [-0.4, -0.2) is 50.5 Å². The Hall–Kier alpha value is -3.03. The van der Waals surface area contributed by atoms with Gasteiger partial charge < -0.3 is 24.4 Å². The fourth-order valence-corrected chi connectivity index (χ4v) is 2.84. The van der Waals surface area contributed by atoms with Crippen LogP contribution in [0.25, 0.3) is 0 Å². The molecule has 1 aromatic heterocycles. The second kappa shape index (κ2) is 10.3. The van der Waals surface area contributed by atoms with Gasteiger partial charge in [-0.25, -0.2) is 0 Å². The van der Waals surface area contributed by atoms with E-state index in [1.165, 1.54) is 21.3 Å². The van der Waals surface area contributed by atoms with Crippen molar-refractivity contribution in [1.82, 2.24) is 10.2 Å². The van der Waals surface area contributed by atoms with Gasteiger partial charge in [-0.2, -0.15) is 0 Å². The number of methoxy groups -OCH3 is 3. The fraction of sp³-hybridized carbons (Fsp3) is 0.450. The Bertz CT molecular complexity index is 749. The third-order valence-corrected chi connectivity index (χ3v) is 4.13. The molecule has 8 nitrogen and oxygen atoms in total. The number of aromatic nitrogens is 2. The van der Waals surface area contributed by atoms with E-state index in [-0.39, 0.29) is 5.91 Å².